The number of imidazole rings is 1. The molecule has 0 bridgehead atoms. The van der Waals surface area contributed by atoms with Crippen molar-refractivity contribution in [1.29, 1.82) is 5.53 Å². The summed E-state index contributed by atoms with van der Waals surface area (Å²) in [5, 5.41) is 19.6. The smallest absolute Gasteiger partial charge is 0.306 e. The van der Waals surface area contributed by atoms with E-state index in [4.69, 9.17) is 26.9 Å². The largest absolute Gasteiger partial charge is 0.466 e. The normalized spacial score (nSPS) is 13.3. The molecule has 1 amide bonds. The molecule has 1 saturated carbocycles. The number of amides is 1. The highest BCUT2D eigenvalue weighted by Crippen LogP contribution is 2.40. The van der Waals surface area contributed by atoms with Gasteiger partial charge in [-0.15, -0.1) is 5.10 Å². The molecule has 0 atom stereocenters. The number of tetrazole rings is 1. The minimum Gasteiger partial charge on any atom is -0.466 e. The molecule has 0 aliphatic heterocycles. The van der Waals surface area contributed by atoms with Crippen LogP contribution in [-0.4, -0.2) is 48.1 Å². The molecule has 42 heavy (non-hydrogen) atoms. The number of rotatable bonds is 13. The molecule has 5 rings (SSSR count). The Morgan fingerprint density at radius 2 is 2.12 bits per heavy atom. The van der Waals surface area contributed by atoms with Gasteiger partial charge in [-0.3, -0.25) is 9.59 Å². The maximum absolute atomic E-state index is 14.8. The molecule has 15 heteroatoms. The van der Waals surface area contributed by atoms with Crippen LogP contribution in [0.15, 0.2) is 53.9 Å². The number of pyridine rings is 1. The van der Waals surface area contributed by atoms with E-state index in [0.717, 1.165) is 24.1 Å². The maximum atomic E-state index is 14.8. The van der Waals surface area contributed by atoms with E-state index in [1.165, 1.54) is 34.9 Å². The number of carbonyl (C=O) groups is 2. The van der Waals surface area contributed by atoms with E-state index < -0.39 is 11.7 Å². The molecule has 1 aliphatic carbocycles. The number of aryl methyl sites for hydroxylation is 1. The lowest BCUT2D eigenvalue weighted by atomic mass is 10.1. The zero-order valence-electron chi connectivity index (χ0n) is 22.7. The van der Waals surface area contributed by atoms with Gasteiger partial charge in [0.1, 0.15) is 17.8 Å². The third-order valence-corrected chi connectivity index (χ3v) is 7.01. The predicted octanol–water partition coefficient (Wildman–Crippen LogP) is 3.75. The third-order valence-electron chi connectivity index (χ3n) is 6.72. The molecule has 1 aliphatic rings. The molecule has 0 radical (unpaired) electrons. The molecule has 0 spiro atoms. The van der Waals surface area contributed by atoms with Crippen molar-refractivity contribution in [2.24, 2.45) is 5.11 Å². The number of fused-ring (bicyclic) bond motifs is 1. The van der Waals surface area contributed by atoms with Crippen molar-refractivity contribution in [1.82, 2.24) is 40.2 Å². The van der Waals surface area contributed by atoms with Gasteiger partial charge in [-0.25, -0.2) is 19.6 Å². The van der Waals surface area contributed by atoms with Gasteiger partial charge >= 0.3 is 5.97 Å². The van der Waals surface area contributed by atoms with Crippen LogP contribution in [0.4, 0.5) is 4.39 Å². The van der Waals surface area contributed by atoms with Crippen LogP contribution in [0.3, 0.4) is 0 Å². The highest BCUT2D eigenvalue weighted by molar-refractivity contribution is 6.30. The van der Waals surface area contributed by atoms with Crippen LogP contribution in [0.5, 0.6) is 0 Å². The molecular formula is C27H28ClFN10O3. The fourth-order valence-electron chi connectivity index (χ4n) is 4.52. The van der Waals surface area contributed by atoms with Gasteiger partial charge in [-0.05, 0) is 65.8 Å². The minimum atomic E-state index is -0.727. The molecule has 3 heterocycles. The van der Waals surface area contributed by atoms with Gasteiger partial charge in [-0.1, -0.05) is 17.7 Å². The molecule has 218 valence electrons. The number of hydrogen-bond donors (Lipinski definition) is 3. The number of nitrogens with zero attached hydrogens (tertiary/aromatic N) is 7. The molecule has 1 fully saturated rings. The van der Waals surface area contributed by atoms with E-state index in [9.17, 15) is 14.0 Å². The van der Waals surface area contributed by atoms with Crippen LogP contribution in [0.1, 0.15) is 54.5 Å². The Hall–Kier alpha value is -4.72. The fourth-order valence-corrected chi connectivity index (χ4v) is 4.70. The van der Waals surface area contributed by atoms with Gasteiger partial charge in [0.15, 0.2) is 5.70 Å². The summed E-state index contributed by atoms with van der Waals surface area (Å²) < 4.78 is 23.1. The second kappa shape index (κ2) is 12.9. The first-order chi connectivity index (χ1) is 20.4. The molecule has 13 nitrogen and oxygen atoms in total. The summed E-state index contributed by atoms with van der Waals surface area (Å²) in [5.41, 5.74) is 11.2. The highest BCUT2D eigenvalue weighted by atomic mass is 35.5. The quantitative estimate of drug-likeness (QED) is 0.120. The first-order valence-electron chi connectivity index (χ1n) is 13.3. The zero-order chi connectivity index (χ0) is 29.6. The summed E-state index contributed by atoms with van der Waals surface area (Å²) in [6, 6.07) is 5.01. The van der Waals surface area contributed by atoms with Gasteiger partial charge in [-0.2, -0.15) is 5.11 Å². The van der Waals surface area contributed by atoms with E-state index >= 15 is 0 Å². The molecular weight excluding hydrogens is 567 g/mol. The number of hydrogen-bond acceptors (Lipinski definition) is 10. The summed E-state index contributed by atoms with van der Waals surface area (Å²) in [6.07, 6.45) is 9.58. The Bertz CT molecular complexity index is 1650. The van der Waals surface area contributed by atoms with Crippen molar-refractivity contribution in [3.05, 3.63) is 82.0 Å². The lowest BCUT2D eigenvalue weighted by Crippen LogP contribution is -2.26. The Kier molecular flexibility index (Phi) is 8.81. The van der Waals surface area contributed by atoms with Crippen LogP contribution in [0, 0.1) is 11.3 Å². The summed E-state index contributed by atoms with van der Waals surface area (Å²) in [5.74, 6) is -1.16. The Morgan fingerprint density at radius 3 is 2.83 bits per heavy atom. The zero-order valence-corrected chi connectivity index (χ0v) is 23.4. The Morgan fingerprint density at radius 1 is 1.29 bits per heavy atom. The van der Waals surface area contributed by atoms with E-state index in [1.807, 2.05) is 10.6 Å². The molecule has 3 aromatic heterocycles. The summed E-state index contributed by atoms with van der Waals surface area (Å²) in [7, 11) is 0. The van der Waals surface area contributed by atoms with Crippen LogP contribution >= 0.6 is 11.6 Å². The lowest BCUT2D eigenvalue weighted by Gasteiger charge is -2.12. The first kappa shape index (κ1) is 28.8. The number of ether oxygens (including phenoxy) is 1. The van der Waals surface area contributed by atoms with E-state index in [0.29, 0.717) is 30.3 Å². The standard InChI is InChI=1S/C27H28ClFN10O3/c1-2-42-24(40)8-5-17-9-18(16-3-4-16)13-38-14-19(34-26(17)38)10-31-12-22(35-30)27(41)32-11-20-23(39-15-33-36-37-39)7-6-21(28)25(20)29/h6-7,9,12-16,30-31H,2-5,8,10-11H2,1H3,(H,32,41)/b22-12-,35-30?. The van der Waals surface area contributed by atoms with Gasteiger partial charge in [0.2, 0.25) is 0 Å². The topological polar surface area (TPSA) is 165 Å². The highest BCUT2D eigenvalue weighted by Gasteiger charge is 2.25. The predicted molar refractivity (Wildman–Crippen MR) is 148 cm³/mol. The second-order valence-electron chi connectivity index (χ2n) is 9.66. The molecule has 0 unspecified atom stereocenters. The number of nitrogens with one attached hydrogen (secondary N) is 3. The third kappa shape index (κ3) is 6.60. The van der Waals surface area contributed by atoms with Gasteiger partial charge in [0.25, 0.3) is 5.91 Å². The molecule has 0 saturated heterocycles. The van der Waals surface area contributed by atoms with Gasteiger partial charge < -0.3 is 19.8 Å². The summed E-state index contributed by atoms with van der Waals surface area (Å²) in [6.45, 7) is 2.11. The van der Waals surface area contributed by atoms with Crippen LogP contribution in [-0.2, 0) is 33.8 Å². The fraction of sp³-hybridized carbons (Fsp3) is 0.333. The summed E-state index contributed by atoms with van der Waals surface area (Å²) >= 11 is 5.94. The number of halogens is 2. The number of esters is 1. The molecule has 3 N–H and O–H groups in total. The van der Waals surface area contributed by atoms with Crippen molar-refractivity contribution in [2.75, 3.05) is 6.61 Å². The second-order valence-corrected chi connectivity index (χ2v) is 10.1. The van der Waals surface area contributed by atoms with E-state index in [2.05, 4.69) is 43.5 Å². The average molecular weight is 595 g/mol. The average Bonchev–Trinajstić information content (AvgIpc) is 3.52. The lowest BCUT2D eigenvalue weighted by molar-refractivity contribution is -0.143. The van der Waals surface area contributed by atoms with Crippen molar-refractivity contribution < 1.29 is 18.7 Å². The SMILES string of the molecule is CCOC(=O)CCc1cc(C2CC2)cn2cc(CN/C=C(\N=N)C(=O)NCc3c(-n4cnnn4)ccc(Cl)c3F)nc12. The Balaban J connectivity index is 1.26. The van der Waals surface area contributed by atoms with Crippen molar-refractivity contribution >= 4 is 29.1 Å². The van der Waals surface area contributed by atoms with E-state index in [-0.39, 0.29) is 41.8 Å². The number of benzene rings is 1. The van der Waals surface area contributed by atoms with Crippen LogP contribution in [0.2, 0.25) is 5.02 Å². The van der Waals surface area contributed by atoms with Crippen LogP contribution in [0.25, 0.3) is 11.3 Å². The number of carbonyl (C=O) groups excluding carboxylic acids is 2. The molecule has 1 aromatic carbocycles. The van der Waals surface area contributed by atoms with Gasteiger partial charge in [0, 0.05) is 37.1 Å². The van der Waals surface area contributed by atoms with Crippen molar-refractivity contribution in [3.8, 4) is 5.69 Å². The monoisotopic (exact) mass is 594 g/mol. The first-order valence-corrected chi connectivity index (χ1v) is 13.7. The van der Waals surface area contributed by atoms with E-state index in [1.54, 1.807) is 6.92 Å². The van der Waals surface area contributed by atoms with Crippen molar-refractivity contribution in [2.45, 2.75) is 51.6 Å². The molecule has 4 aromatic rings. The van der Waals surface area contributed by atoms with Crippen LogP contribution < -0.4 is 10.6 Å². The van der Waals surface area contributed by atoms with Crippen molar-refractivity contribution in [3.63, 3.8) is 0 Å². The van der Waals surface area contributed by atoms with Gasteiger partial charge in [0.05, 0.1) is 29.6 Å². The minimum absolute atomic E-state index is 0.0643. The summed E-state index contributed by atoms with van der Waals surface area (Å²) in [4.78, 5) is 29.4. The maximum Gasteiger partial charge on any atom is 0.306 e. The number of aromatic nitrogens is 6. The Labute approximate surface area is 244 Å².